The molecule has 0 spiro atoms. The first-order valence-electron chi connectivity index (χ1n) is 3.80. The third-order valence-corrected chi connectivity index (χ3v) is 1.37. The fraction of sp³-hybridized carbons (Fsp3) is 0.571. The number of carbonyl (C=O) groups excluding carboxylic acids is 1. The van der Waals surface area contributed by atoms with Gasteiger partial charge in [0.15, 0.2) is 0 Å². The van der Waals surface area contributed by atoms with Crippen LogP contribution in [0.3, 0.4) is 0 Å². The Bertz CT molecular complexity index is 213. The standard InChI is InChI=1S/C7H13N3O2/c1-5(2)10-4-7(12-9-10)8-6(3)11/h4-5,9H,1-3H3,(H,8,11). The molecular weight excluding hydrogens is 158 g/mol. The van der Waals surface area contributed by atoms with E-state index in [2.05, 4.69) is 10.9 Å². The molecule has 5 nitrogen and oxygen atoms in total. The van der Waals surface area contributed by atoms with E-state index < -0.39 is 0 Å². The Morgan fingerprint density at radius 3 is 2.83 bits per heavy atom. The van der Waals surface area contributed by atoms with E-state index in [4.69, 9.17) is 4.84 Å². The molecule has 0 aliphatic carbocycles. The predicted octanol–water partition coefficient (Wildman–Crippen LogP) is 0.0816. The number of hydrogen-bond donors (Lipinski definition) is 2. The molecule has 0 aromatic rings. The fourth-order valence-electron chi connectivity index (χ4n) is 0.767. The van der Waals surface area contributed by atoms with Crippen LogP contribution >= 0.6 is 0 Å². The summed E-state index contributed by atoms with van der Waals surface area (Å²) in [5.41, 5.74) is 2.64. The molecule has 12 heavy (non-hydrogen) atoms. The molecule has 0 radical (unpaired) electrons. The SMILES string of the molecule is CC(=O)NC1=CN(C(C)C)NO1. The Kier molecular flexibility index (Phi) is 2.54. The Balaban J connectivity index is 2.48. The van der Waals surface area contributed by atoms with Gasteiger partial charge in [0.1, 0.15) is 0 Å². The molecule has 1 rings (SSSR count). The van der Waals surface area contributed by atoms with Crippen molar-refractivity contribution in [2.24, 2.45) is 0 Å². The lowest BCUT2D eigenvalue weighted by Crippen LogP contribution is -2.33. The normalized spacial score (nSPS) is 16.0. The fourth-order valence-corrected chi connectivity index (χ4v) is 0.767. The van der Waals surface area contributed by atoms with Gasteiger partial charge >= 0.3 is 0 Å². The average Bonchev–Trinajstić information content (AvgIpc) is 2.34. The van der Waals surface area contributed by atoms with Gasteiger partial charge < -0.3 is 4.84 Å². The van der Waals surface area contributed by atoms with Crippen LogP contribution in [0.2, 0.25) is 0 Å². The van der Waals surface area contributed by atoms with E-state index in [1.807, 2.05) is 13.8 Å². The Labute approximate surface area is 71.3 Å². The largest absolute Gasteiger partial charge is 0.369 e. The average molecular weight is 171 g/mol. The van der Waals surface area contributed by atoms with Crippen molar-refractivity contribution in [3.63, 3.8) is 0 Å². The van der Waals surface area contributed by atoms with Gasteiger partial charge in [0.05, 0.1) is 6.20 Å². The van der Waals surface area contributed by atoms with Gasteiger partial charge in [-0.2, -0.15) is 0 Å². The summed E-state index contributed by atoms with van der Waals surface area (Å²) >= 11 is 0. The second-order valence-corrected chi connectivity index (χ2v) is 2.87. The number of amides is 1. The molecule has 0 atom stereocenters. The van der Waals surface area contributed by atoms with Crippen LogP contribution in [-0.4, -0.2) is 17.0 Å². The topological polar surface area (TPSA) is 53.6 Å². The molecule has 0 aromatic carbocycles. The van der Waals surface area contributed by atoms with Gasteiger partial charge in [0, 0.05) is 13.0 Å². The maximum absolute atomic E-state index is 10.6. The van der Waals surface area contributed by atoms with Crippen LogP contribution < -0.4 is 10.9 Å². The van der Waals surface area contributed by atoms with Crippen LogP contribution in [0.15, 0.2) is 12.1 Å². The van der Waals surface area contributed by atoms with E-state index in [1.165, 1.54) is 6.92 Å². The minimum absolute atomic E-state index is 0.145. The zero-order valence-electron chi connectivity index (χ0n) is 7.42. The molecule has 0 saturated carbocycles. The van der Waals surface area contributed by atoms with Crippen molar-refractivity contribution in [3.05, 3.63) is 12.1 Å². The number of hydrazine groups is 1. The van der Waals surface area contributed by atoms with Crippen molar-refractivity contribution in [2.45, 2.75) is 26.8 Å². The van der Waals surface area contributed by atoms with Gasteiger partial charge in [-0.25, -0.2) is 0 Å². The van der Waals surface area contributed by atoms with Crippen LogP contribution in [0.4, 0.5) is 0 Å². The third kappa shape index (κ3) is 2.13. The van der Waals surface area contributed by atoms with Gasteiger partial charge in [-0.15, -0.1) is 0 Å². The lowest BCUT2D eigenvalue weighted by molar-refractivity contribution is -0.119. The molecule has 2 N–H and O–H groups in total. The first-order chi connectivity index (χ1) is 5.59. The molecule has 5 heteroatoms. The summed E-state index contributed by atoms with van der Waals surface area (Å²) < 4.78 is 0. The summed E-state index contributed by atoms with van der Waals surface area (Å²) in [6.45, 7) is 5.44. The summed E-state index contributed by atoms with van der Waals surface area (Å²) in [4.78, 5) is 15.5. The Morgan fingerprint density at radius 2 is 2.42 bits per heavy atom. The van der Waals surface area contributed by atoms with Gasteiger partial charge in [0.25, 0.3) is 0 Å². The summed E-state index contributed by atoms with van der Waals surface area (Å²) in [6, 6.07) is 0.288. The van der Waals surface area contributed by atoms with Gasteiger partial charge in [0.2, 0.25) is 11.8 Å². The molecule has 0 bridgehead atoms. The first-order valence-corrected chi connectivity index (χ1v) is 3.80. The summed E-state index contributed by atoms with van der Waals surface area (Å²) in [6.07, 6.45) is 1.70. The number of rotatable bonds is 2. The van der Waals surface area contributed by atoms with Crippen molar-refractivity contribution in [1.82, 2.24) is 15.9 Å². The lowest BCUT2D eigenvalue weighted by atomic mass is 10.4. The summed E-state index contributed by atoms with van der Waals surface area (Å²) in [5, 5.41) is 4.28. The van der Waals surface area contributed by atoms with Crippen molar-refractivity contribution in [1.29, 1.82) is 0 Å². The van der Waals surface area contributed by atoms with E-state index in [0.717, 1.165) is 0 Å². The van der Waals surface area contributed by atoms with E-state index in [-0.39, 0.29) is 11.9 Å². The van der Waals surface area contributed by atoms with E-state index in [1.54, 1.807) is 11.2 Å². The van der Waals surface area contributed by atoms with Gasteiger partial charge in [-0.05, 0) is 13.8 Å². The van der Waals surface area contributed by atoms with Crippen LogP contribution in [0.25, 0.3) is 0 Å². The highest BCUT2D eigenvalue weighted by molar-refractivity contribution is 5.74. The Hall–Kier alpha value is -1.23. The molecular formula is C7H13N3O2. The van der Waals surface area contributed by atoms with Crippen molar-refractivity contribution < 1.29 is 9.63 Å². The summed E-state index contributed by atoms with van der Waals surface area (Å²) in [7, 11) is 0. The second kappa shape index (κ2) is 3.44. The van der Waals surface area contributed by atoms with E-state index in [9.17, 15) is 4.79 Å². The minimum atomic E-state index is -0.145. The van der Waals surface area contributed by atoms with E-state index in [0.29, 0.717) is 5.88 Å². The zero-order chi connectivity index (χ0) is 9.14. The Morgan fingerprint density at radius 1 is 1.75 bits per heavy atom. The van der Waals surface area contributed by atoms with E-state index >= 15 is 0 Å². The number of nitrogens with one attached hydrogen (secondary N) is 2. The summed E-state index contributed by atoms with van der Waals surface area (Å²) in [5.74, 6) is 0.282. The molecule has 1 amide bonds. The highest BCUT2D eigenvalue weighted by atomic mass is 16.7. The lowest BCUT2D eigenvalue weighted by Gasteiger charge is -2.16. The first kappa shape index (κ1) is 8.86. The molecule has 1 aliphatic heterocycles. The quantitative estimate of drug-likeness (QED) is 0.618. The molecule has 0 aromatic heterocycles. The zero-order valence-corrected chi connectivity index (χ0v) is 7.42. The number of carbonyl (C=O) groups is 1. The molecule has 0 saturated heterocycles. The van der Waals surface area contributed by atoms with Crippen LogP contribution in [0.1, 0.15) is 20.8 Å². The maximum atomic E-state index is 10.6. The second-order valence-electron chi connectivity index (χ2n) is 2.87. The van der Waals surface area contributed by atoms with Crippen molar-refractivity contribution >= 4 is 5.91 Å². The smallest absolute Gasteiger partial charge is 0.238 e. The molecule has 1 heterocycles. The van der Waals surface area contributed by atoms with Crippen LogP contribution in [-0.2, 0) is 9.63 Å². The predicted molar refractivity (Wildman–Crippen MR) is 43.1 cm³/mol. The molecule has 0 unspecified atom stereocenters. The monoisotopic (exact) mass is 171 g/mol. The van der Waals surface area contributed by atoms with Gasteiger partial charge in [-0.1, -0.05) is 5.59 Å². The third-order valence-electron chi connectivity index (χ3n) is 1.37. The van der Waals surface area contributed by atoms with Crippen molar-refractivity contribution in [3.8, 4) is 0 Å². The minimum Gasteiger partial charge on any atom is -0.369 e. The van der Waals surface area contributed by atoms with Crippen molar-refractivity contribution in [2.75, 3.05) is 0 Å². The highest BCUT2D eigenvalue weighted by Gasteiger charge is 2.15. The number of hydrogen-bond acceptors (Lipinski definition) is 4. The number of nitrogens with zero attached hydrogens (tertiary/aromatic N) is 1. The molecule has 1 aliphatic rings. The molecule has 68 valence electrons. The van der Waals surface area contributed by atoms with Gasteiger partial charge in [-0.3, -0.25) is 15.1 Å². The van der Waals surface area contributed by atoms with Crippen LogP contribution in [0, 0.1) is 0 Å². The molecule has 0 fully saturated rings. The maximum Gasteiger partial charge on any atom is 0.238 e. The van der Waals surface area contributed by atoms with Crippen LogP contribution in [0.5, 0.6) is 0 Å². The highest BCUT2D eigenvalue weighted by Crippen LogP contribution is 2.06.